The van der Waals surface area contributed by atoms with Crippen molar-refractivity contribution in [2.75, 3.05) is 29.9 Å². The van der Waals surface area contributed by atoms with Crippen molar-refractivity contribution in [3.05, 3.63) is 58.1 Å². The molecule has 2 saturated carbocycles. The first-order valence-electron chi connectivity index (χ1n) is 14.0. The summed E-state index contributed by atoms with van der Waals surface area (Å²) in [6.45, 7) is 3.91. The van der Waals surface area contributed by atoms with Crippen LogP contribution in [-0.2, 0) is 14.8 Å². The van der Waals surface area contributed by atoms with Gasteiger partial charge in [-0.3, -0.25) is 19.7 Å². The molecule has 3 aliphatic rings. The number of Topliss-reactive ketones (excluding diaryl/α,β-unsaturated/α-hetero) is 1. The molecule has 12 heteroatoms. The number of piperidine rings is 1. The first-order chi connectivity index (χ1) is 19.3. The molecule has 11 nitrogen and oxygen atoms in total. The lowest BCUT2D eigenvalue weighted by Crippen LogP contribution is -2.47. The molecule has 0 aromatic heterocycles. The van der Waals surface area contributed by atoms with E-state index in [1.807, 2.05) is 4.72 Å². The number of aliphatic hydroxyl groups is 1. The number of hydrogen-bond donors (Lipinski definition) is 3. The maximum absolute atomic E-state index is 13.0. The van der Waals surface area contributed by atoms with Crippen molar-refractivity contribution < 1.29 is 28.0 Å². The molecule has 1 saturated heterocycles. The van der Waals surface area contributed by atoms with Crippen LogP contribution in [0.5, 0.6) is 0 Å². The summed E-state index contributed by atoms with van der Waals surface area (Å²) in [5.74, 6) is -0.263. The second kappa shape index (κ2) is 11.1. The minimum atomic E-state index is -4.37. The normalized spacial score (nSPS) is 24.0. The number of carbonyl (C=O) groups excluding carboxylic acids is 2. The van der Waals surface area contributed by atoms with Crippen LogP contribution in [-0.4, -0.2) is 55.4 Å². The Labute approximate surface area is 239 Å². The lowest BCUT2D eigenvalue weighted by Gasteiger charge is -2.47. The van der Waals surface area contributed by atoms with E-state index in [4.69, 9.17) is 0 Å². The monoisotopic (exact) mass is 584 g/mol. The van der Waals surface area contributed by atoms with E-state index >= 15 is 0 Å². The van der Waals surface area contributed by atoms with Crippen molar-refractivity contribution in [1.29, 1.82) is 0 Å². The molecule has 220 valence electrons. The number of amides is 1. The van der Waals surface area contributed by atoms with Crippen molar-refractivity contribution in [2.24, 2.45) is 11.3 Å². The molecular formula is C29H36N4O7S. The van der Waals surface area contributed by atoms with Crippen molar-refractivity contribution in [3.8, 4) is 0 Å². The Hall–Kier alpha value is -3.51. The van der Waals surface area contributed by atoms with E-state index in [2.05, 4.69) is 10.2 Å². The van der Waals surface area contributed by atoms with Crippen LogP contribution in [0.1, 0.15) is 68.6 Å². The number of nitro benzene ring substituents is 1. The van der Waals surface area contributed by atoms with E-state index in [9.17, 15) is 33.2 Å². The summed E-state index contributed by atoms with van der Waals surface area (Å²) in [4.78, 5) is 37.1. The van der Waals surface area contributed by atoms with E-state index in [-0.39, 0.29) is 27.5 Å². The highest BCUT2D eigenvalue weighted by Gasteiger charge is 2.45. The molecule has 0 unspecified atom stereocenters. The molecule has 1 amide bonds. The summed E-state index contributed by atoms with van der Waals surface area (Å²) in [5.41, 5.74) is 0.338. The number of hydrogen-bond acceptors (Lipinski definition) is 9. The number of nitrogens with zero attached hydrogens (tertiary/aromatic N) is 2. The van der Waals surface area contributed by atoms with Crippen LogP contribution in [0.3, 0.4) is 0 Å². The number of carbonyl (C=O) groups is 2. The van der Waals surface area contributed by atoms with Gasteiger partial charge in [0.1, 0.15) is 11.5 Å². The van der Waals surface area contributed by atoms with Crippen LogP contribution >= 0.6 is 0 Å². The summed E-state index contributed by atoms with van der Waals surface area (Å²) in [5, 5.41) is 24.9. The number of sulfonamides is 1. The average Bonchev–Trinajstić information content (AvgIpc) is 2.92. The lowest BCUT2D eigenvalue weighted by atomic mass is 9.62. The third kappa shape index (κ3) is 6.54. The number of nitro groups is 1. The quantitative estimate of drug-likeness (QED) is 0.308. The van der Waals surface area contributed by atoms with Crippen molar-refractivity contribution in [2.45, 2.75) is 68.8 Å². The summed E-state index contributed by atoms with van der Waals surface area (Å²) >= 11 is 0. The number of anilines is 2. The Morgan fingerprint density at radius 2 is 1.71 bits per heavy atom. The third-order valence-corrected chi connectivity index (χ3v) is 10.3. The van der Waals surface area contributed by atoms with E-state index in [1.165, 1.54) is 12.1 Å². The first-order valence-corrected chi connectivity index (χ1v) is 15.5. The second-order valence-electron chi connectivity index (χ2n) is 12.1. The number of benzene rings is 2. The van der Waals surface area contributed by atoms with Crippen molar-refractivity contribution >= 4 is 38.8 Å². The van der Waals surface area contributed by atoms with Gasteiger partial charge in [0.05, 0.1) is 15.4 Å². The van der Waals surface area contributed by atoms with Gasteiger partial charge >= 0.3 is 0 Å². The van der Waals surface area contributed by atoms with E-state index in [0.29, 0.717) is 38.0 Å². The van der Waals surface area contributed by atoms with Crippen LogP contribution in [0, 0.1) is 21.4 Å². The molecule has 0 bridgehead atoms. The van der Waals surface area contributed by atoms with E-state index < -0.39 is 32.1 Å². The zero-order chi connectivity index (χ0) is 29.4. The molecule has 2 aliphatic carbocycles. The van der Waals surface area contributed by atoms with Gasteiger partial charge in [0.15, 0.2) is 0 Å². The molecule has 5 rings (SSSR count). The third-order valence-electron chi connectivity index (χ3n) is 8.93. The molecule has 1 spiro atoms. The summed E-state index contributed by atoms with van der Waals surface area (Å²) < 4.78 is 28.0. The molecular weight excluding hydrogens is 548 g/mol. The number of rotatable bonds is 8. The lowest BCUT2D eigenvalue weighted by molar-refractivity contribution is -0.384. The molecule has 2 aromatic rings. The van der Waals surface area contributed by atoms with Gasteiger partial charge in [-0.05, 0) is 93.2 Å². The van der Waals surface area contributed by atoms with Crippen molar-refractivity contribution in [1.82, 2.24) is 4.72 Å². The van der Waals surface area contributed by atoms with E-state index in [1.54, 1.807) is 31.2 Å². The van der Waals surface area contributed by atoms with E-state index in [0.717, 1.165) is 50.5 Å². The maximum Gasteiger partial charge on any atom is 0.293 e. The van der Waals surface area contributed by atoms with Crippen LogP contribution in [0.15, 0.2) is 47.4 Å². The largest absolute Gasteiger partial charge is 0.390 e. The standard InChI is InChI=1S/C29H36N4O7S/c1-28(36)10-8-20(9-11-28)19-30-25-7-6-24(16-26(25)33(37)38)41(39,40)31-27(35)21-2-4-22(5-3-21)32-14-12-29(13-15-32)17-23(34)18-29/h2-7,16,20,30,36H,8-15,17-19H2,1H3,(H,31,35). The minimum Gasteiger partial charge on any atom is -0.390 e. The molecule has 1 aliphatic heterocycles. The smallest absolute Gasteiger partial charge is 0.293 e. The highest BCUT2D eigenvalue weighted by Crippen LogP contribution is 2.47. The number of ketones is 1. The molecule has 2 aromatic carbocycles. The topological polar surface area (TPSA) is 159 Å². The fourth-order valence-corrected chi connectivity index (χ4v) is 7.17. The van der Waals surface area contributed by atoms with Gasteiger partial charge in [0.2, 0.25) is 0 Å². The Bertz CT molecular complexity index is 1430. The SMILES string of the molecule is CC1(O)CCC(CNc2ccc(S(=O)(=O)NC(=O)c3ccc(N4CCC5(CC4)CC(=O)C5)cc3)cc2[N+](=O)[O-])CC1. The summed E-state index contributed by atoms with van der Waals surface area (Å²) in [6, 6.07) is 10.2. The molecule has 41 heavy (non-hydrogen) atoms. The van der Waals surface area contributed by atoms with Crippen LogP contribution in [0.25, 0.3) is 0 Å². The first kappa shape index (κ1) is 29.0. The van der Waals surface area contributed by atoms with Crippen LogP contribution < -0.4 is 14.9 Å². The van der Waals surface area contributed by atoms with Gasteiger partial charge < -0.3 is 15.3 Å². The second-order valence-corrected chi connectivity index (χ2v) is 13.8. The predicted octanol–water partition coefficient (Wildman–Crippen LogP) is 4.02. The molecule has 3 fully saturated rings. The van der Waals surface area contributed by atoms with Gasteiger partial charge in [0.25, 0.3) is 21.6 Å². The summed E-state index contributed by atoms with van der Waals surface area (Å²) in [6.07, 6.45) is 6.12. The Balaban J connectivity index is 1.20. The predicted molar refractivity (Wildman–Crippen MR) is 153 cm³/mol. The number of nitrogens with one attached hydrogen (secondary N) is 2. The fourth-order valence-electron chi connectivity index (χ4n) is 6.18. The fraction of sp³-hybridized carbons (Fsp3) is 0.517. The molecule has 0 radical (unpaired) electrons. The van der Waals surface area contributed by atoms with Crippen LogP contribution in [0.2, 0.25) is 0 Å². The maximum atomic E-state index is 13.0. The van der Waals surface area contributed by atoms with Gasteiger partial charge in [0, 0.05) is 49.8 Å². The summed E-state index contributed by atoms with van der Waals surface area (Å²) in [7, 11) is -4.37. The Kier molecular flexibility index (Phi) is 7.82. The minimum absolute atomic E-state index is 0.148. The van der Waals surface area contributed by atoms with Crippen LogP contribution in [0.4, 0.5) is 17.1 Å². The van der Waals surface area contributed by atoms with Crippen molar-refractivity contribution in [3.63, 3.8) is 0 Å². The average molecular weight is 585 g/mol. The molecule has 3 N–H and O–H groups in total. The Morgan fingerprint density at radius 1 is 1.07 bits per heavy atom. The highest BCUT2D eigenvalue weighted by molar-refractivity contribution is 7.90. The molecule has 0 atom stereocenters. The molecule has 1 heterocycles. The highest BCUT2D eigenvalue weighted by atomic mass is 32.2. The Morgan fingerprint density at radius 3 is 2.29 bits per heavy atom. The zero-order valence-corrected chi connectivity index (χ0v) is 23.9. The van der Waals surface area contributed by atoms with Gasteiger partial charge in [-0.15, -0.1) is 0 Å². The zero-order valence-electron chi connectivity index (χ0n) is 23.1. The van der Waals surface area contributed by atoms with Gasteiger partial charge in [-0.25, -0.2) is 13.1 Å². The van der Waals surface area contributed by atoms with Gasteiger partial charge in [-0.1, -0.05) is 0 Å². The van der Waals surface area contributed by atoms with Gasteiger partial charge in [-0.2, -0.15) is 0 Å².